The van der Waals surface area contributed by atoms with Crippen molar-refractivity contribution in [1.82, 2.24) is 0 Å². The van der Waals surface area contributed by atoms with E-state index < -0.39 is 23.4 Å². The van der Waals surface area contributed by atoms with Gasteiger partial charge in [0.25, 0.3) is 0 Å². The van der Waals surface area contributed by atoms with E-state index in [1.807, 2.05) is 66.7 Å². The molecule has 5 rings (SSSR count). The predicted molar refractivity (Wildman–Crippen MR) is 154 cm³/mol. The maximum Gasteiger partial charge on any atom is 0.343 e. The molecule has 40 heavy (non-hydrogen) atoms. The van der Waals surface area contributed by atoms with Crippen LogP contribution in [0.5, 0.6) is 11.5 Å². The normalized spacial score (nSPS) is 12.3. The zero-order valence-electron chi connectivity index (χ0n) is 22.5. The Morgan fingerprint density at radius 3 is 2.20 bits per heavy atom. The number of carboxylic acid groups (broad SMARTS) is 1. The first-order valence-corrected chi connectivity index (χ1v) is 12.8. The molecule has 0 radical (unpaired) electrons. The number of para-hydroxylation sites is 1. The summed E-state index contributed by atoms with van der Waals surface area (Å²) in [6, 6.07) is 27.4. The van der Waals surface area contributed by atoms with Gasteiger partial charge in [0, 0.05) is 12.3 Å². The van der Waals surface area contributed by atoms with Crippen LogP contribution in [0.3, 0.4) is 0 Å². The zero-order chi connectivity index (χ0) is 28.8. The molecule has 1 aromatic heterocycles. The van der Waals surface area contributed by atoms with E-state index >= 15 is 0 Å². The van der Waals surface area contributed by atoms with Crippen LogP contribution in [-0.2, 0) is 9.59 Å². The van der Waals surface area contributed by atoms with Crippen molar-refractivity contribution in [2.75, 3.05) is 7.11 Å². The van der Waals surface area contributed by atoms with Gasteiger partial charge >= 0.3 is 11.6 Å². The molecule has 7 heteroatoms. The SMILES string of the molecule is CC(=O)CC(c1ccccc1)c1c(O)c2ccccc2oc1=O.COc1ccc2cc([C@H](C)C(=O)O)ccc2c1. The molecule has 5 aromatic rings. The maximum atomic E-state index is 12.4. The van der Waals surface area contributed by atoms with Gasteiger partial charge in [-0.05, 0) is 60.0 Å². The first-order chi connectivity index (χ1) is 19.2. The van der Waals surface area contributed by atoms with Crippen LogP contribution in [0.1, 0.15) is 48.8 Å². The Balaban J connectivity index is 0.000000194. The van der Waals surface area contributed by atoms with Crippen LogP contribution in [0.25, 0.3) is 21.7 Å². The number of aliphatic carboxylic acids is 1. The molecular formula is C33H30O7. The number of rotatable bonds is 7. The number of carbonyl (C=O) groups excluding carboxylic acids is 1. The minimum absolute atomic E-state index is 0.0641. The second kappa shape index (κ2) is 12.3. The summed E-state index contributed by atoms with van der Waals surface area (Å²) in [6.45, 7) is 3.16. The molecule has 2 atom stereocenters. The van der Waals surface area contributed by atoms with Crippen LogP contribution in [0, 0.1) is 0 Å². The third-order valence-corrected chi connectivity index (χ3v) is 6.80. The number of ketones is 1. The highest BCUT2D eigenvalue weighted by molar-refractivity contribution is 5.87. The number of carboxylic acids is 1. The quantitative estimate of drug-likeness (QED) is 0.223. The molecule has 0 saturated carbocycles. The van der Waals surface area contributed by atoms with E-state index in [0.717, 1.165) is 27.6 Å². The third-order valence-electron chi connectivity index (χ3n) is 6.80. The van der Waals surface area contributed by atoms with Crippen molar-refractivity contribution in [3.8, 4) is 11.5 Å². The molecule has 0 aliphatic carbocycles. The van der Waals surface area contributed by atoms with Gasteiger partial charge in [-0.2, -0.15) is 0 Å². The molecule has 4 aromatic carbocycles. The topological polar surface area (TPSA) is 114 Å². The fourth-order valence-electron chi connectivity index (χ4n) is 4.60. The average molecular weight is 539 g/mol. The fourth-order valence-corrected chi connectivity index (χ4v) is 4.60. The minimum atomic E-state index is -0.808. The van der Waals surface area contributed by atoms with Crippen molar-refractivity contribution in [2.45, 2.75) is 32.1 Å². The molecule has 0 fully saturated rings. The Kier molecular flexibility index (Phi) is 8.64. The predicted octanol–water partition coefficient (Wildman–Crippen LogP) is 6.65. The zero-order valence-corrected chi connectivity index (χ0v) is 22.5. The number of hydrogen-bond acceptors (Lipinski definition) is 6. The van der Waals surface area contributed by atoms with Crippen molar-refractivity contribution in [2.24, 2.45) is 0 Å². The van der Waals surface area contributed by atoms with Crippen LogP contribution in [-0.4, -0.2) is 29.1 Å². The molecular weight excluding hydrogens is 508 g/mol. The highest BCUT2D eigenvalue weighted by atomic mass is 16.5. The van der Waals surface area contributed by atoms with E-state index in [9.17, 15) is 19.5 Å². The highest BCUT2D eigenvalue weighted by Crippen LogP contribution is 2.36. The van der Waals surface area contributed by atoms with Crippen molar-refractivity contribution in [3.63, 3.8) is 0 Å². The lowest BCUT2D eigenvalue weighted by Gasteiger charge is -2.17. The lowest BCUT2D eigenvalue weighted by Crippen LogP contribution is -2.16. The Labute approximate surface area is 231 Å². The number of hydrogen-bond donors (Lipinski definition) is 2. The summed E-state index contributed by atoms with van der Waals surface area (Å²) >= 11 is 0. The molecule has 1 unspecified atom stereocenters. The van der Waals surface area contributed by atoms with Gasteiger partial charge in [0.05, 0.1) is 24.0 Å². The van der Waals surface area contributed by atoms with Gasteiger partial charge in [0.2, 0.25) is 0 Å². The van der Waals surface area contributed by atoms with Crippen molar-refractivity contribution >= 4 is 33.5 Å². The van der Waals surface area contributed by atoms with Gasteiger partial charge in [-0.1, -0.05) is 66.7 Å². The van der Waals surface area contributed by atoms with Gasteiger partial charge in [0.1, 0.15) is 22.9 Å². The summed E-state index contributed by atoms with van der Waals surface area (Å²) in [6.07, 6.45) is 0.126. The summed E-state index contributed by atoms with van der Waals surface area (Å²) in [5.74, 6) is -1.21. The van der Waals surface area contributed by atoms with Crippen LogP contribution in [0.2, 0.25) is 0 Å². The first-order valence-electron chi connectivity index (χ1n) is 12.8. The van der Waals surface area contributed by atoms with Crippen molar-refractivity contribution < 1.29 is 29.0 Å². The Morgan fingerprint density at radius 1 is 0.875 bits per heavy atom. The first kappa shape index (κ1) is 28.1. The molecule has 2 N–H and O–H groups in total. The van der Waals surface area contributed by atoms with Crippen LogP contribution < -0.4 is 10.4 Å². The van der Waals surface area contributed by atoms with Crippen LogP contribution >= 0.6 is 0 Å². The minimum Gasteiger partial charge on any atom is -0.507 e. The molecule has 0 bridgehead atoms. The standard InChI is InChI=1S/C19H16O4.C14H14O3/c1-12(20)11-15(13-7-3-2-4-8-13)17-18(21)14-9-5-6-10-16(14)23-19(17)22;1-9(14(15)16)10-3-4-12-8-13(17-2)6-5-11(12)7-10/h2-10,15,21H,11H2,1H3;3-9H,1-2H3,(H,15,16)/t;9-/m.0/s1. The molecule has 0 aliphatic heterocycles. The van der Waals surface area contributed by atoms with Gasteiger partial charge in [0.15, 0.2) is 0 Å². The Morgan fingerprint density at radius 2 is 1.52 bits per heavy atom. The van der Waals surface area contributed by atoms with Crippen LogP contribution in [0.15, 0.2) is 100 Å². The van der Waals surface area contributed by atoms with E-state index in [0.29, 0.717) is 11.0 Å². The number of aromatic hydroxyl groups is 1. The molecule has 0 aliphatic rings. The second-order valence-corrected chi connectivity index (χ2v) is 9.55. The Bertz CT molecular complexity index is 1720. The number of benzene rings is 4. The maximum absolute atomic E-state index is 12.4. The average Bonchev–Trinajstić information content (AvgIpc) is 2.96. The van der Waals surface area contributed by atoms with E-state index in [1.54, 1.807) is 38.3 Å². The molecule has 1 heterocycles. The summed E-state index contributed by atoms with van der Waals surface area (Å²) < 4.78 is 10.5. The molecule has 204 valence electrons. The smallest absolute Gasteiger partial charge is 0.343 e. The highest BCUT2D eigenvalue weighted by Gasteiger charge is 2.25. The number of carbonyl (C=O) groups is 2. The van der Waals surface area contributed by atoms with Gasteiger partial charge in [-0.3, -0.25) is 9.59 Å². The largest absolute Gasteiger partial charge is 0.507 e. The van der Waals surface area contributed by atoms with Gasteiger partial charge < -0.3 is 19.4 Å². The third kappa shape index (κ3) is 6.21. The number of Topliss-reactive ketones (excluding diaryl/α,β-unsaturated/α-hetero) is 1. The lowest BCUT2D eigenvalue weighted by molar-refractivity contribution is -0.138. The number of ether oxygens (including phenoxy) is 1. The summed E-state index contributed by atoms with van der Waals surface area (Å²) in [5, 5.41) is 22.1. The summed E-state index contributed by atoms with van der Waals surface area (Å²) in [5.41, 5.74) is 1.45. The summed E-state index contributed by atoms with van der Waals surface area (Å²) in [7, 11) is 1.63. The molecule has 0 saturated heterocycles. The van der Waals surface area contributed by atoms with Crippen LogP contribution in [0.4, 0.5) is 0 Å². The van der Waals surface area contributed by atoms with E-state index in [4.69, 9.17) is 14.3 Å². The van der Waals surface area contributed by atoms with E-state index in [-0.39, 0.29) is 23.5 Å². The van der Waals surface area contributed by atoms with Crippen molar-refractivity contribution in [1.29, 1.82) is 0 Å². The lowest BCUT2D eigenvalue weighted by atomic mass is 9.87. The molecule has 0 spiro atoms. The molecule has 7 nitrogen and oxygen atoms in total. The van der Waals surface area contributed by atoms with Gasteiger partial charge in [-0.25, -0.2) is 4.79 Å². The molecule has 0 amide bonds. The fraction of sp³-hybridized carbons (Fsp3) is 0.182. The van der Waals surface area contributed by atoms with E-state index in [2.05, 4.69) is 0 Å². The van der Waals surface area contributed by atoms with Gasteiger partial charge in [-0.15, -0.1) is 0 Å². The van der Waals surface area contributed by atoms with E-state index in [1.165, 1.54) is 6.92 Å². The monoisotopic (exact) mass is 538 g/mol. The second-order valence-electron chi connectivity index (χ2n) is 9.55. The van der Waals surface area contributed by atoms with Crippen molar-refractivity contribution in [3.05, 3.63) is 118 Å². The number of fused-ring (bicyclic) bond motifs is 2. The Hall–Kier alpha value is -4.91. The summed E-state index contributed by atoms with van der Waals surface area (Å²) in [4.78, 5) is 35.0. The number of methoxy groups -OCH3 is 1.